The topological polar surface area (TPSA) is 130 Å². The molecule has 180 valence electrons. The maximum absolute atomic E-state index is 12.5. The fourth-order valence-electron chi connectivity index (χ4n) is 3.11. The molecule has 0 fully saturated rings. The second kappa shape index (κ2) is 10.3. The molecule has 0 saturated carbocycles. The number of sulfonamides is 1. The molecule has 1 N–H and O–H groups in total. The SMILES string of the molecule is COc1ccc(-c2noc(COC(=O)c3ccc(S(=O)(=O)Nc4ccccc4)cc3)n2)c(OC)c1. The molecule has 0 aliphatic rings. The average Bonchev–Trinajstić information content (AvgIpc) is 3.36. The summed E-state index contributed by atoms with van der Waals surface area (Å²) in [4.78, 5) is 16.6. The summed E-state index contributed by atoms with van der Waals surface area (Å²) in [6.07, 6.45) is 0. The highest BCUT2D eigenvalue weighted by molar-refractivity contribution is 7.92. The molecule has 0 spiro atoms. The van der Waals surface area contributed by atoms with Crippen molar-refractivity contribution in [1.82, 2.24) is 10.1 Å². The summed E-state index contributed by atoms with van der Waals surface area (Å²) in [6, 6.07) is 19.0. The molecule has 0 radical (unpaired) electrons. The summed E-state index contributed by atoms with van der Waals surface area (Å²) in [5.74, 6) is 0.767. The quantitative estimate of drug-likeness (QED) is 0.343. The van der Waals surface area contributed by atoms with Gasteiger partial charge in [-0.25, -0.2) is 13.2 Å². The number of aromatic nitrogens is 2. The zero-order valence-electron chi connectivity index (χ0n) is 18.8. The number of anilines is 1. The van der Waals surface area contributed by atoms with Gasteiger partial charge >= 0.3 is 5.97 Å². The highest BCUT2D eigenvalue weighted by atomic mass is 32.2. The molecule has 4 aromatic rings. The average molecular weight is 496 g/mol. The molecule has 0 saturated heterocycles. The van der Waals surface area contributed by atoms with E-state index in [4.69, 9.17) is 18.7 Å². The fraction of sp³-hybridized carbons (Fsp3) is 0.125. The number of ether oxygens (including phenoxy) is 3. The summed E-state index contributed by atoms with van der Waals surface area (Å²) in [5.41, 5.74) is 1.18. The Bertz CT molecular complexity index is 1420. The lowest BCUT2D eigenvalue weighted by Gasteiger charge is -2.08. The molecule has 10 nitrogen and oxygen atoms in total. The minimum Gasteiger partial charge on any atom is -0.497 e. The predicted molar refractivity (Wildman–Crippen MR) is 126 cm³/mol. The third kappa shape index (κ3) is 5.58. The lowest BCUT2D eigenvalue weighted by atomic mass is 10.2. The van der Waals surface area contributed by atoms with Crippen LogP contribution in [-0.2, 0) is 21.4 Å². The van der Waals surface area contributed by atoms with E-state index in [9.17, 15) is 13.2 Å². The van der Waals surface area contributed by atoms with Crippen molar-refractivity contribution in [2.75, 3.05) is 18.9 Å². The Morgan fingerprint density at radius 3 is 2.40 bits per heavy atom. The maximum atomic E-state index is 12.5. The van der Waals surface area contributed by atoms with Crippen LogP contribution in [0.2, 0.25) is 0 Å². The Balaban J connectivity index is 1.39. The van der Waals surface area contributed by atoms with Crippen LogP contribution in [0.4, 0.5) is 5.69 Å². The largest absolute Gasteiger partial charge is 0.497 e. The minimum atomic E-state index is -3.80. The van der Waals surface area contributed by atoms with Gasteiger partial charge in [-0.05, 0) is 48.5 Å². The molecule has 1 aromatic heterocycles. The van der Waals surface area contributed by atoms with Gasteiger partial charge in [0.25, 0.3) is 15.9 Å². The summed E-state index contributed by atoms with van der Waals surface area (Å²) < 4.78 is 48.4. The van der Waals surface area contributed by atoms with Crippen molar-refractivity contribution in [2.45, 2.75) is 11.5 Å². The lowest BCUT2D eigenvalue weighted by molar-refractivity contribution is 0.0429. The highest BCUT2D eigenvalue weighted by Gasteiger charge is 2.18. The molecule has 0 atom stereocenters. The Kier molecular flexibility index (Phi) is 6.97. The Morgan fingerprint density at radius 2 is 1.71 bits per heavy atom. The van der Waals surface area contributed by atoms with Crippen molar-refractivity contribution in [3.05, 3.63) is 84.3 Å². The molecule has 0 amide bonds. The number of nitrogens with one attached hydrogen (secondary N) is 1. The first kappa shape index (κ1) is 23.8. The number of esters is 1. The van der Waals surface area contributed by atoms with E-state index < -0.39 is 16.0 Å². The van der Waals surface area contributed by atoms with Crippen molar-refractivity contribution >= 4 is 21.7 Å². The summed E-state index contributed by atoms with van der Waals surface area (Å²) in [5, 5.41) is 3.90. The van der Waals surface area contributed by atoms with E-state index in [-0.39, 0.29) is 28.8 Å². The zero-order chi connectivity index (χ0) is 24.8. The molecule has 4 rings (SSSR count). The molecule has 0 bridgehead atoms. The van der Waals surface area contributed by atoms with E-state index in [1.54, 1.807) is 55.6 Å². The number of rotatable bonds is 9. The van der Waals surface area contributed by atoms with Gasteiger partial charge in [-0.15, -0.1) is 0 Å². The summed E-state index contributed by atoms with van der Waals surface area (Å²) in [7, 11) is -0.744. The third-order valence-electron chi connectivity index (χ3n) is 4.87. The predicted octanol–water partition coefficient (Wildman–Crippen LogP) is 3.91. The van der Waals surface area contributed by atoms with Gasteiger partial charge in [0.15, 0.2) is 6.61 Å². The first-order valence-electron chi connectivity index (χ1n) is 10.3. The van der Waals surface area contributed by atoms with Gasteiger partial charge < -0.3 is 18.7 Å². The van der Waals surface area contributed by atoms with Gasteiger partial charge in [-0.2, -0.15) is 4.98 Å². The van der Waals surface area contributed by atoms with Crippen LogP contribution in [0.1, 0.15) is 16.2 Å². The van der Waals surface area contributed by atoms with Crippen LogP contribution in [0.3, 0.4) is 0 Å². The van der Waals surface area contributed by atoms with Crippen LogP contribution < -0.4 is 14.2 Å². The number of methoxy groups -OCH3 is 2. The standard InChI is InChI=1S/C24H21N3O7S/c1-31-18-10-13-20(21(14-18)32-2)23-25-22(34-26-23)15-33-24(28)16-8-11-19(12-9-16)35(29,30)27-17-6-4-3-5-7-17/h3-14,27H,15H2,1-2H3. The Morgan fingerprint density at radius 1 is 0.971 bits per heavy atom. The molecule has 0 aliphatic heterocycles. The van der Waals surface area contributed by atoms with Crippen LogP contribution in [0.25, 0.3) is 11.4 Å². The van der Waals surface area contributed by atoms with Crippen LogP contribution in [-0.4, -0.2) is 38.7 Å². The van der Waals surface area contributed by atoms with Gasteiger partial charge in [-0.3, -0.25) is 4.72 Å². The van der Waals surface area contributed by atoms with E-state index in [1.807, 2.05) is 0 Å². The van der Waals surface area contributed by atoms with Gasteiger partial charge in [0.1, 0.15) is 11.5 Å². The molecular formula is C24H21N3O7S. The molecule has 3 aromatic carbocycles. The van der Waals surface area contributed by atoms with Crippen LogP contribution >= 0.6 is 0 Å². The molecule has 0 unspecified atom stereocenters. The van der Waals surface area contributed by atoms with Gasteiger partial charge in [0, 0.05) is 11.8 Å². The summed E-state index contributed by atoms with van der Waals surface area (Å²) in [6.45, 7) is -0.264. The first-order valence-corrected chi connectivity index (χ1v) is 11.8. The van der Waals surface area contributed by atoms with E-state index in [1.165, 1.54) is 31.4 Å². The molecule has 0 aliphatic carbocycles. The zero-order valence-corrected chi connectivity index (χ0v) is 19.6. The number of carbonyl (C=O) groups excluding carboxylic acids is 1. The first-order chi connectivity index (χ1) is 16.9. The van der Waals surface area contributed by atoms with Crippen molar-refractivity contribution < 1.29 is 31.9 Å². The van der Waals surface area contributed by atoms with Gasteiger partial charge in [0.05, 0.1) is 30.2 Å². The second-order valence-corrected chi connectivity index (χ2v) is 8.83. The monoisotopic (exact) mass is 495 g/mol. The smallest absolute Gasteiger partial charge is 0.338 e. The van der Waals surface area contributed by atoms with E-state index in [0.29, 0.717) is 22.7 Å². The van der Waals surface area contributed by atoms with Crippen molar-refractivity contribution in [3.8, 4) is 22.9 Å². The Hall–Kier alpha value is -4.38. The normalized spacial score (nSPS) is 11.0. The fourth-order valence-corrected chi connectivity index (χ4v) is 4.17. The number of nitrogens with zero attached hydrogens (tertiary/aromatic N) is 2. The van der Waals surface area contributed by atoms with Crippen LogP contribution in [0.5, 0.6) is 11.5 Å². The maximum Gasteiger partial charge on any atom is 0.338 e. The van der Waals surface area contributed by atoms with Gasteiger partial charge in [0.2, 0.25) is 5.82 Å². The molecular weight excluding hydrogens is 474 g/mol. The molecule has 11 heteroatoms. The van der Waals surface area contributed by atoms with Crippen molar-refractivity contribution in [1.29, 1.82) is 0 Å². The lowest BCUT2D eigenvalue weighted by Crippen LogP contribution is -2.13. The van der Waals surface area contributed by atoms with E-state index in [0.717, 1.165) is 0 Å². The minimum absolute atomic E-state index is 0.00730. The number of hydrogen-bond donors (Lipinski definition) is 1. The molecule has 1 heterocycles. The third-order valence-corrected chi connectivity index (χ3v) is 6.27. The summed E-state index contributed by atoms with van der Waals surface area (Å²) >= 11 is 0. The molecule has 35 heavy (non-hydrogen) atoms. The second-order valence-electron chi connectivity index (χ2n) is 7.15. The van der Waals surface area contributed by atoms with Crippen LogP contribution in [0.15, 0.2) is 82.2 Å². The van der Waals surface area contributed by atoms with Crippen LogP contribution in [0, 0.1) is 0 Å². The number of benzene rings is 3. The number of hydrogen-bond acceptors (Lipinski definition) is 9. The van der Waals surface area contributed by atoms with E-state index >= 15 is 0 Å². The number of carbonyl (C=O) groups is 1. The highest BCUT2D eigenvalue weighted by Crippen LogP contribution is 2.31. The van der Waals surface area contributed by atoms with Crippen molar-refractivity contribution in [2.24, 2.45) is 0 Å². The number of para-hydroxylation sites is 1. The van der Waals surface area contributed by atoms with E-state index in [2.05, 4.69) is 14.9 Å². The Labute approximate surface area is 201 Å². The van der Waals surface area contributed by atoms with Crippen molar-refractivity contribution in [3.63, 3.8) is 0 Å². The van der Waals surface area contributed by atoms with Gasteiger partial charge in [-0.1, -0.05) is 23.4 Å².